The Labute approximate surface area is 119 Å². The lowest BCUT2D eigenvalue weighted by Crippen LogP contribution is -2.43. The molecule has 0 aliphatic carbocycles. The van der Waals surface area contributed by atoms with Crippen molar-refractivity contribution in [1.29, 1.82) is 0 Å². The first-order valence-electron chi connectivity index (χ1n) is 7.52. The molecule has 3 atom stereocenters. The molecule has 4 nitrogen and oxygen atoms in total. The third kappa shape index (κ3) is 3.02. The summed E-state index contributed by atoms with van der Waals surface area (Å²) in [5.41, 5.74) is 1.11. The van der Waals surface area contributed by atoms with Crippen LogP contribution in [0.3, 0.4) is 0 Å². The highest BCUT2D eigenvalue weighted by atomic mass is 16.5. The smallest absolute Gasteiger partial charge is 0.226 e. The SMILES string of the molecule is O=C(NC1CCNC1)C1CCCOC1c1ccccc1. The summed E-state index contributed by atoms with van der Waals surface area (Å²) in [5.74, 6) is 0.0824. The summed E-state index contributed by atoms with van der Waals surface area (Å²) in [7, 11) is 0. The highest BCUT2D eigenvalue weighted by Crippen LogP contribution is 2.33. The molecule has 1 aromatic rings. The molecule has 0 spiro atoms. The minimum atomic E-state index is -0.0979. The van der Waals surface area contributed by atoms with Crippen molar-refractivity contribution in [2.24, 2.45) is 5.92 Å². The fourth-order valence-corrected chi connectivity index (χ4v) is 3.11. The van der Waals surface area contributed by atoms with E-state index in [-0.39, 0.29) is 24.0 Å². The van der Waals surface area contributed by atoms with E-state index >= 15 is 0 Å². The van der Waals surface area contributed by atoms with Crippen LogP contribution in [0, 0.1) is 5.92 Å². The van der Waals surface area contributed by atoms with E-state index in [9.17, 15) is 4.79 Å². The Balaban J connectivity index is 1.70. The van der Waals surface area contributed by atoms with Crippen LogP contribution in [0.5, 0.6) is 0 Å². The molecule has 2 N–H and O–H groups in total. The Morgan fingerprint density at radius 2 is 2.10 bits per heavy atom. The van der Waals surface area contributed by atoms with Crippen molar-refractivity contribution < 1.29 is 9.53 Å². The zero-order valence-corrected chi connectivity index (χ0v) is 11.7. The van der Waals surface area contributed by atoms with Gasteiger partial charge in [0.25, 0.3) is 0 Å². The van der Waals surface area contributed by atoms with Gasteiger partial charge in [-0.3, -0.25) is 4.79 Å². The predicted molar refractivity (Wildman–Crippen MR) is 77.3 cm³/mol. The van der Waals surface area contributed by atoms with Crippen molar-refractivity contribution in [3.05, 3.63) is 35.9 Å². The normalized spacial score (nSPS) is 30.1. The number of amides is 1. The lowest BCUT2D eigenvalue weighted by atomic mass is 9.88. The number of benzene rings is 1. The maximum Gasteiger partial charge on any atom is 0.226 e. The lowest BCUT2D eigenvalue weighted by molar-refractivity contribution is -0.135. The van der Waals surface area contributed by atoms with Crippen LogP contribution in [0.4, 0.5) is 0 Å². The van der Waals surface area contributed by atoms with Gasteiger partial charge in [-0.25, -0.2) is 0 Å². The molecule has 0 radical (unpaired) electrons. The topological polar surface area (TPSA) is 50.4 Å². The zero-order chi connectivity index (χ0) is 13.8. The van der Waals surface area contributed by atoms with Crippen molar-refractivity contribution >= 4 is 5.91 Å². The second-order valence-corrected chi connectivity index (χ2v) is 5.65. The number of carbonyl (C=O) groups excluding carboxylic acids is 1. The highest BCUT2D eigenvalue weighted by Gasteiger charge is 2.34. The van der Waals surface area contributed by atoms with Crippen LogP contribution in [0.15, 0.2) is 30.3 Å². The average molecular weight is 274 g/mol. The van der Waals surface area contributed by atoms with Crippen LogP contribution in [0.2, 0.25) is 0 Å². The molecule has 0 saturated carbocycles. The zero-order valence-electron chi connectivity index (χ0n) is 11.7. The Morgan fingerprint density at radius 1 is 1.25 bits per heavy atom. The van der Waals surface area contributed by atoms with Gasteiger partial charge in [0, 0.05) is 19.2 Å². The van der Waals surface area contributed by atoms with Crippen molar-refractivity contribution in [3.63, 3.8) is 0 Å². The van der Waals surface area contributed by atoms with Crippen LogP contribution in [-0.2, 0) is 9.53 Å². The Bertz CT molecular complexity index is 443. The molecule has 2 saturated heterocycles. The number of hydrogen-bond donors (Lipinski definition) is 2. The Hall–Kier alpha value is -1.39. The second kappa shape index (κ2) is 6.37. The standard InChI is InChI=1S/C16H22N2O2/c19-16(18-13-8-9-17-11-13)14-7-4-10-20-15(14)12-5-2-1-3-6-12/h1-3,5-6,13-15,17H,4,7-11H2,(H,18,19). The van der Waals surface area contributed by atoms with Crippen LogP contribution in [0.25, 0.3) is 0 Å². The highest BCUT2D eigenvalue weighted by molar-refractivity contribution is 5.80. The molecule has 0 bridgehead atoms. The minimum Gasteiger partial charge on any atom is -0.373 e. The molecule has 0 aromatic heterocycles. The summed E-state index contributed by atoms with van der Waals surface area (Å²) in [6.45, 7) is 2.62. The van der Waals surface area contributed by atoms with Crippen LogP contribution < -0.4 is 10.6 Å². The summed E-state index contributed by atoms with van der Waals surface area (Å²) in [4.78, 5) is 12.5. The van der Waals surface area contributed by atoms with Gasteiger partial charge < -0.3 is 15.4 Å². The van der Waals surface area contributed by atoms with Crippen LogP contribution in [-0.4, -0.2) is 31.6 Å². The first-order chi connectivity index (χ1) is 9.84. The molecule has 2 fully saturated rings. The van der Waals surface area contributed by atoms with E-state index < -0.39 is 0 Å². The first kappa shape index (κ1) is 13.6. The molecule has 2 heterocycles. The van der Waals surface area contributed by atoms with Crippen molar-refractivity contribution in [2.45, 2.75) is 31.4 Å². The monoisotopic (exact) mass is 274 g/mol. The molecule has 2 aliphatic heterocycles. The van der Waals surface area contributed by atoms with Gasteiger partial charge in [-0.05, 0) is 31.4 Å². The molecule has 3 rings (SSSR count). The fourth-order valence-electron chi connectivity index (χ4n) is 3.11. The van der Waals surface area contributed by atoms with E-state index in [0.29, 0.717) is 0 Å². The van der Waals surface area contributed by atoms with Crippen molar-refractivity contribution in [1.82, 2.24) is 10.6 Å². The summed E-state index contributed by atoms with van der Waals surface area (Å²) in [6.07, 6.45) is 2.80. The molecule has 4 heteroatoms. The quantitative estimate of drug-likeness (QED) is 0.881. The van der Waals surface area contributed by atoms with E-state index in [4.69, 9.17) is 4.74 Å². The number of rotatable bonds is 3. The molecule has 3 unspecified atom stereocenters. The van der Waals surface area contributed by atoms with Crippen molar-refractivity contribution in [3.8, 4) is 0 Å². The van der Waals surface area contributed by atoms with Gasteiger partial charge in [-0.15, -0.1) is 0 Å². The van der Waals surface area contributed by atoms with E-state index in [2.05, 4.69) is 10.6 Å². The summed E-state index contributed by atoms with van der Waals surface area (Å²) in [5, 5.41) is 6.44. The largest absolute Gasteiger partial charge is 0.373 e. The number of ether oxygens (including phenoxy) is 1. The van der Waals surface area contributed by atoms with E-state index in [1.807, 2.05) is 30.3 Å². The molecule has 108 valence electrons. The molecule has 1 aromatic carbocycles. The van der Waals surface area contributed by atoms with E-state index in [1.165, 1.54) is 0 Å². The predicted octanol–water partition coefficient (Wildman–Crippen LogP) is 1.63. The fraction of sp³-hybridized carbons (Fsp3) is 0.562. The summed E-state index contributed by atoms with van der Waals surface area (Å²) < 4.78 is 5.89. The van der Waals surface area contributed by atoms with Gasteiger partial charge in [0.1, 0.15) is 0 Å². The maximum atomic E-state index is 12.5. The van der Waals surface area contributed by atoms with Gasteiger partial charge in [0.2, 0.25) is 5.91 Å². The van der Waals surface area contributed by atoms with Crippen LogP contribution in [0.1, 0.15) is 30.9 Å². The summed E-state index contributed by atoms with van der Waals surface area (Å²) in [6, 6.07) is 10.4. The van der Waals surface area contributed by atoms with Gasteiger partial charge in [-0.1, -0.05) is 30.3 Å². The molecule has 1 amide bonds. The van der Waals surface area contributed by atoms with E-state index in [0.717, 1.165) is 44.5 Å². The third-order valence-corrected chi connectivity index (χ3v) is 4.19. The average Bonchev–Trinajstić information content (AvgIpc) is 3.01. The molecular formula is C16H22N2O2. The van der Waals surface area contributed by atoms with Gasteiger partial charge in [0.15, 0.2) is 0 Å². The van der Waals surface area contributed by atoms with Gasteiger partial charge in [-0.2, -0.15) is 0 Å². The number of carbonyl (C=O) groups is 1. The van der Waals surface area contributed by atoms with Crippen molar-refractivity contribution in [2.75, 3.05) is 19.7 Å². The molecule has 20 heavy (non-hydrogen) atoms. The van der Waals surface area contributed by atoms with Gasteiger partial charge >= 0.3 is 0 Å². The third-order valence-electron chi connectivity index (χ3n) is 4.19. The molecular weight excluding hydrogens is 252 g/mol. The Morgan fingerprint density at radius 3 is 2.85 bits per heavy atom. The first-order valence-corrected chi connectivity index (χ1v) is 7.52. The number of hydrogen-bond acceptors (Lipinski definition) is 3. The second-order valence-electron chi connectivity index (χ2n) is 5.65. The number of nitrogens with one attached hydrogen (secondary N) is 2. The van der Waals surface area contributed by atoms with Crippen LogP contribution >= 0.6 is 0 Å². The maximum absolute atomic E-state index is 12.5. The van der Waals surface area contributed by atoms with E-state index in [1.54, 1.807) is 0 Å². The Kier molecular flexibility index (Phi) is 4.33. The minimum absolute atomic E-state index is 0.0632. The summed E-state index contributed by atoms with van der Waals surface area (Å²) >= 11 is 0. The molecule has 2 aliphatic rings. The van der Waals surface area contributed by atoms with Gasteiger partial charge in [0.05, 0.1) is 12.0 Å². The lowest BCUT2D eigenvalue weighted by Gasteiger charge is -2.32.